The van der Waals surface area contributed by atoms with E-state index < -0.39 is 10.8 Å². The van der Waals surface area contributed by atoms with Crippen LogP contribution >= 0.6 is 11.6 Å². The molecule has 0 aliphatic heterocycles. The molecule has 6 nitrogen and oxygen atoms in total. The van der Waals surface area contributed by atoms with Gasteiger partial charge in [-0.2, -0.15) is 0 Å². The predicted molar refractivity (Wildman–Crippen MR) is 74.2 cm³/mol. The van der Waals surface area contributed by atoms with Crippen LogP contribution in [0.2, 0.25) is 5.02 Å². The highest BCUT2D eigenvalue weighted by molar-refractivity contribution is 6.31. The highest BCUT2D eigenvalue weighted by Crippen LogP contribution is 2.27. The number of phenols is 1. The van der Waals surface area contributed by atoms with Gasteiger partial charge in [0, 0.05) is 22.7 Å². The summed E-state index contributed by atoms with van der Waals surface area (Å²) in [5, 5.41) is 22.9. The van der Waals surface area contributed by atoms with E-state index >= 15 is 0 Å². The van der Waals surface area contributed by atoms with E-state index in [9.17, 15) is 20.0 Å². The van der Waals surface area contributed by atoms with Gasteiger partial charge >= 0.3 is 0 Å². The van der Waals surface area contributed by atoms with Gasteiger partial charge in [0.2, 0.25) is 0 Å². The number of anilines is 1. The third-order valence-electron chi connectivity index (χ3n) is 2.55. The van der Waals surface area contributed by atoms with Crippen LogP contribution in [-0.2, 0) is 0 Å². The Morgan fingerprint density at radius 2 is 1.85 bits per heavy atom. The number of hydrogen-bond acceptors (Lipinski definition) is 4. The number of nitro groups is 1. The Morgan fingerprint density at radius 3 is 2.45 bits per heavy atom. The van der Waals surface area contributed by atoms with Crippen LogP contribution in [0.5, 0.6) is 5.75 Å². The average Bonchev–Trinajstić information content (AvgIpc) is 2.43. The maximum absolute atomic E-state index is 11.9. The molecular formula is C13H9ClN2O4. The van der Waals surface area contributed by atoms with Gasteiger partial charge in [0.05, 0.1) is 10.6 Å². The lowest BCUT2D eigenvalue weighted by Crippen LogP contribution is -2.11. The zero-order valence-corrected chi connectivity index (χ0v) is 10.8. The van der Waals surface area contributed by atoms with Crippen LogP contribution in [0.4, 0.5) is 11.4 Å². The van der Waals surface area contributed by atoms with Gasteiger partial charge in [0.25, 0.3) is 11.6 Å². The molecule has 20 heavy (non-hydrogen) atoms. The first kappa shape index (κ1) is 13.8. The SMILES string of the molecule is O=C(Nc1cc(Cl)ccc1O)c1ccc([N+](=O)[O-])cc1. The van der Waals surface area contributed by atoms with Crippen molar-refractivity contribution in [2.75, 3.05) is 5.32 Å². The molecule has 1 amide bonds. The Bertz CT molecular complexity index is 671. The van der Waals surface area contributed by atoms with Crippen LogP contribution in [0.25, 0.3) is 0 Å². The third-order valence-corrected chi connectivity index (χ3v) is 2.78. The van der Waals surface area contributed by atoms with Gasteiger partial charge in [0.1, 0.15) is 5.75 Å². The number of carbonyl (C=O) groups is 1. The predicted octanol–water partition coefficient (Wildman–Crippen LogP) is 3.21. The molecule has 0 spiro atoms. The number of non-ortho nitro benzene ring substituents is 1. The summed E-state index contributed by atoms with van der Waals surface area (Å²) in [6.07, 6.45) is 0. The fraction of sp³-hybridized carbons (Fsp3) is 0. The Kier molecular flexibility index (Phi) is 3.86. The molecule has 2 aromatic carbocycles. The molecule has 0 radical (unpaired) electrons. The fourth-order valence-corrected chi connectivity index (χ4v) is 1.71. The molecule has 2 N–H and O–H groups in total. The Hall–Kier alpha value is -2.60. The van der Waals surface area contributed by atoms with Gasteiger partial charge in [-0.05, 0) is 30.3 Å². The average molecular weight is 293 g/mol. The van der Waals surface area contributed by atoms with E-state index in [1.54, 1.807) is 0 Å². The molecule has 0 aromatic heterocycles. The molecule has 0 aliphatic rings. The maximum Gasteiger partial charge on any atom is 0.269 e. The Morgan fingerprint density at radius 1 is 1.20 bits per heavy atom. The minimum atomic E-state index is -0.551. The summed E-state index contributed by atoms with van der Waals surface area (Å²) in [7, 11) is 0. The summed E-state index contributed by atoms with van der Waals surface area (Å²) in [6, 6.07) is 9.36. The number of nitro benzene ring substituents is 1. The van der Waals surface area contributed by atoms with Crippen LogP contribution < -0.4 is 5.32 Å². The molecule has 7 heteroatoms. The Labute approximate surface area is 118 Å². The van der Waals surface area contributed by atoms with E-state index in [0.717, 1.165) is 0 Å². The number of halogens is 1. The molecule has 0 saturated carbocycles. The van der Waals surface area contributed by atoms with Crippen molar-refractivity contribution in [2.45, 2.75) is 0 Å². The first-order valence-electron chi connectivity index (χ1n) is 5.51. The molecule has 0 heterocycles. The number of carbonyl (C=O) groups excluding carboxylic acids is 1. The van der Waals surface area contributed by atoms with Crippen molar-refractivity contribution in [3.05, 3.63) is 63.2 Å². The van der Waals surface area contributed by atoms with Crippen molar-refractivity contribution >= 4 is 28.9 Å². The molecule has 0 atom stereocenters. The summed E-state index contributed by atoms with van der Waals surface area (Å²) in [4.78, 5) is 21.9. The molecule has 0 saturated heterocycles. The van der Waals surface area contributed by atoms with Crippen molar-refractivity contribution in [3.63, 3.8) is 0 Å². The van der Waals surface area contributed by atoms with Crippen molar-refractivity contribution in [2.24, 2.45) is 0 Å². The Balaban J connectivity index is 2.19. The second kappa shape index (κ2) is 5.58. The first-order valence-corrected chi connectivity index (χ1v) is 5.89. The molecule has 0 aliphatic carbocycles. The van der Waals surface area contributed by atoms with Crippen LogP contribution in [0, 0.1) is 10.1 Å². The van der Waals surface area contributed by atoms with E-state index in [1.165, 1.54) is 42.5 Å². The fourth-order valence-electron chi connectivity index (χ4n) is 1.54. The minimum Gasteiger partial charge on any atom is -0.506 e. The van der Waals surface area contributed by atoms with Crippen molar-refractivity contribution < 1.29 is 14.8 Å². The molecule has 0 bridgehead atoms. The summed E-state index contributed by atoms with van der Waals surface area (Å²) in [5.41, 5.74) is 0.294. The zero-order valence-electron chi connectivity index (χ0n) is 10.0. The number of benzene rings is 2. The summed E-state index contributed by atoms with van der Waals surface area (Å²) in [6.45, 7) is 0. The lowest BCUT2D eigenvalue weighted by molar-refractivity contribution is -0.384. The number of hydrogen-bond donors (Lipinski definition) is 2. The largest absolute Gasteiger partial charge is 0.506 e. The number of nitrogens with zero attached hydrogens (tertiary/aromatic N) is 1. The van der Waals surface area contributed by atoms with Gasteiger partial charge in [-0.15, -0.1) is 0 Å². The highest BCUT2D eigenvalue weighted by atomic mass is 35.5. The second-order valence-electron chi connectivity index (χ2n) is 3.92. The summed E-state index contributed by atoms with van der Waals surface area (Å²) >= 11 is 5.76. The van der Waals surface area contributed by atoms with Crippen molar-refractivity contribution in [1.82, 2.24) is 0 Å². The van der Waals surface area contributed by atoms with Gasteiger partial charge in [-0.3, -0.25) is 14.9 Å². The molecule has 0 fully saturated rings. The number of aromatic hydroxyl groups is 1. The van der Waals surface area contributed by atoms with Gasteiger partial charge in [-0.1, -0.05) is 11.6 Å². The van der Waals surface area contributed by atoms with Crippen LogP contribution in [0.3, 0.4) is 0 Å². The lowest BCUT2D eigenvalue weighted by Gasteiger charge is -2.07. The molecule has 2 aromatic rings. The van der Waals surface area contributed by atoms with Crippen LogP contribution in [0.1, 0.15) is 10.4 Å². The number of nitrogens with one attached hydrogen (secondary N) is 1. The van der Waals surface area contributed by atoms with Crippen molar-refractivity contribution in [1.29, 1.82) is 0 Å². The van der Waals surface area contributed by atoms with Gasteiger partial charge < -0.3 is 10.4 Å². The van der Waals surface area contributed by atoms with E-state index in [1.807, 2.05) is 0 Å². The first-order chi connectivity index (χ1) is 9.47. The third kappa shape index (κ3) is 3.04. The van der Waals surface area contributed by atoms with E-state index in [0.29, 0.717) is 5.02 Å². The number of amides is 1. The lowest BCUT2D eigenvalue weighted by atomic mass is 10.2. The zero-order chi connectivity index (χ0) is 14.7. The maximum atomic E-state index is 11.9. The normalized spacial score (nSPS) is 10.1. The van der Waals surface area contributed by atoms with Crippen LogP contribution in [-0.4, -0.2) is 15.9 Å². The topological polar surface area (TPSA) is 92.5 Å². The minimum absolute atomic E-state index is 0.104. The summed E-state index contributed by atoms with van der Waals surface area (Å²) < 4.78 is 0. The van der Waals surface area contributed by atoms with Crippen LogP contribution in [0.15, 0.2) is 42.5 Å². The summed E-state index contributed by atoms with van der Waals surface area (Å²) in [5.74, 6) is -0.623. The molecule has 2 rings (SSSR count). The van der Waals surface area contributed by atoms with Gasteiger partial charge in [-0.25, -0.2) is 0 Å². The number of phenolic OH excluding ortho intramolecular Hbond substituents is 1. The standard InChI is InChI=1S/C13H9ClN2O4/c14-9-3-6-12(17)11(7-9)15-13(18)8-1-4-10(5-2-8)16(19)20/h1-7,17H,(H,15,18). The van der Waals surface area contributed by atoms with Gasteiger partial charge in [0.15, 0.2) is 0 Å². The van der Waals surface area contributed by atoms with Crippen molar-refractivity contribution in [3.8, 4) is 5.75 Å². The monoisotopic (exact) mass is 292 g/mol. The molecule has 0 unspecified atom stereocenters. The van der Waals surface area contributed by atoms with E-state index in [4.69, 9.17) is 11.6 Å². The second-order valence-corrected chi connectivity index (χ2v) is 4.36. The molecule has 102 valence electrons. The quantitative estimate of drug-likeness (QED) is 0.516. The van der Waals surface area contributed by atoms with E-state index in [-0.39, 0.29) is 22.7 Å². The van der Waals surface area contributed by atoms with E-state index in [2.05, 4.69) is 5.32 Å². The molecular weight excluding hydrogens is 284 g/mol. The smallest absolute Gasteiger partial charge is 0.269 e. The highest BCUT2D eigenvalue weighted by Gasteiger charge is 2.11. The number of rotatable bonds is 3.